The summed E-state index contributed by atoms with van der Waals surface area (Å²) in [4.78, 5) is 15.1. The first-order valence-corrected chi connectivity index (χ1v) is 8.86. The quantitative estimate of drug-likeness (QED) is 0.894. The maximum Gasteiger partial charge on any atom is 0.259 e. The number of piperidine rings is 1. The summed E-state index contributed by atoms with van der Waals surface area (Å²) in [5.74, 6) is 0.825. The normalized spacial score (nSPS) is 32.7. The van der Waals surface area contributed by atoms with Crippen LogP contribution >= 0.6 is 0 Å². The molecule has 1 heterocycles. The zero-order chi connectivity index (χ0) is 16.2. The van der Waals surface area contributed by atoms with Crippen LogP contribution < -0.4 is 5.73 Å². The highest BCUT2D eigenvalue weighted by atomic mass is 16.3. The molecule has 0 spiro atoms. The smallest absolute Gasteiger partial charge is 0.259 e. The van der Waals surface area contributed by atoms with Gasteiger partial charge in [-0.05, 0) is 37.2 Å². The van der Waals surface area contributed by atoms with E-state index in [-0.39, 0.29) is 17.9 Å². The third-order valence-electron chi connectivity index (χ3n) is 6.31. The first kappa shape index (κ1) is 15.2. The van der Waals surface area contributed by atoms with E-state index >= 15 is 0 Å². The molecule has 3 N–H and O–H groups in total. The fraction of sp³-hybridized carbons (Fsp3) is 0.632. The summed E-state index contributed by atoms with van der Waals surface area (Å²) in [7, 11) is 0. The van der Waals surface area contributed by atoms with Crippen molar-refractivity contribution in [3.05, 3.63) is 35.4 Å². The number of amides is 1. The summed E-state index contributed by atoms with van der Waals surface area (Å²) < 4.78 is 0. The summed E-state index contributed by atoms with van der Waals surface area (Å²) in [6.45, 7) is 3.45. The molecule has 4 rings (SSSR count). The number of carbonyl (C=O) groups is 1. The summed E-state index contributed by atoms with van der Waals surface area (Å²) in [5.41, 5.74) is 6.52. The molecule has 3 unspecified atom stereocenters. The minimum Gasteiger partial charge on any atom is -0.375 e. The van der Waals surface area contributed by atoms with Crippen molar-refractivity contribution in [1.29, 1.82) is 0 Å². The fourth-order valence-electron chi connectivity index (χ4n) is 4.66. The lowest BCUT2D eigenvalue weighted by Crippen LogP contribution is -2.51. The van der Waals surface area contributed by atoms with Gasteiger partial charge in [-0.1, -0.05) is 42.7 Å². The highest BCUT2D eigenvalue weighted by Crippen LogP contribution is 2.47. The van der Waals surface area contributed by atoms with Crippen molar-refractivity contribution >= 4 is 5.91 Å². The third-order valence-corrected chi connectivity index (χ3v) is 6.31. The highest BCUT2D eigenvalue weighted by Gasteiger charge is 2.58. The number of hydrogen-bond donors (Lipinski definition) is 2. The molecule has 0 bridgehead atoms. The molecule has 124 valence electrons. The van der Waals surface area contributed by atoms with Crippen LogP contribution in [0.5, 0.6) is 0 Å². The molecular weight excluding hydrogens is 288 g/mol. The van der Waals surface area contributed by atoms with Gasteiger partial charge in [-0.2, -0.15) is 0 Å². The van der Waals surface area contributed by atoms with Crippen molar-refractivity contribution in [1.82, 2.24) is 4.90 Å². The maximum atomic E-state index is 13.2. The molecule has 3 fully saturated rings. The Balaban J connectivity index is 1.64. The van der Waals surface area contributed by atoms with Gasteiger partial charge in [-0.25, -0.2) is 0 Å². The van der Waals surface area contributed by atoms with Crippen LogP contribution in [0.1, 0.15) is 36.8 Å². The molecule has 4 nitrogen and oxygen atoms in total. The van der Waals surface area contributed by atoms with Crippen molar-refractivity contribution in [2.24, 2.45) is 23.5 Å². The van der Waals surface area contributed by atoms with Gasteiger partial charge in [-0.3, -0.25) is 4.79 Å². The van der Waals surface area contributed by atoms with Gasteiger partial charge in [0.1, 0.15) is 0 Å². The van der Waals surface area contributed by atoms with Gasteiger partial charge in [-0.15, -0.1) is 0 Å². The molecule has 1 saturated heterocycles. The zero-order valence-corrected chi connectivity index (χ0v) is 13.7. The van der Waals surface area contributed by atoms with Crippen molar-refractivity contribution in [2.75, 3.05) is 13.1 Å². The highest BCUT2D eigenvalue weighted by molar-refractivity contribution is 5.87. The lowest BCUT2D eigenvalue weighted by Gasteiger charge is -2.37. The monoisotopic (exact) mass is 314 g/mol. The number of benzene rings is 1. The Bertz CT molecular complexity index is 596. The number of rotatable bonds is 3. The van der Waals surface area contributed by atoms with Crippen LogP contribution in [0.25, 0.3) is 0 Å². The summed E-state index contributed by atoms with van der Waals surface area (Å²) in [6, 6.07) is 8.08. The first-order valence-electron chi connectivity index (χ1n) is 8.86. The van der Waals surface area contributed by atoms with E-state index in [9.17, 15) is 9.90 Å². The average molecular weight is 314 g/mol. The average Bonchev–Trinajstić information content (AvgIpc) is 3.05. The van der Waals surface area contributed by atoms with Crippen LogP contribution in [-0.2, 0) is 10.4 Å². The van der Waals surface area contributed by atoms with E-state index in [1.54, 1.807) is 0 Å². The number of aliphatic hydroxyl groups is 1. The Hall–Kier alpha value is -1.39. The Labute approximate surface area is 137 Å². The predicted octanol–water partition coefficient (Wildman–Crippen LogP) is 1.79. The Morgan fingerprint density at radius 3 is 2.30 bits per heavy atom. The van der Waals surface area contributed by atoms with E-state index in [2.05, 4.69) is 0 Å². The minimum atomic E-state index is -1.37. The number of hydrogen-bond acceptors (Lipinski definition) is 3. The molecule has 3 aliphatic rings. The summed E-state index contributed by atoms with van der Waals surface area (Å²) in [6.07, 6.45) is 4.05. The second-order valence-electron chi connectivity index (χ2n) is 7.73. The lowest BCUT2D eigenvalue weighted by molar-refractivity contribution is -0.158. The Morgan fingerprint density at radius 1 is 1.17 bits per heavy atom. The second kappa shape index (κ2) is 5.32. The molecule has 1 aliphatic heterocycles. The van der Waals surface area contributed by atoms with Crippen LogP contribution in [0.3, 0.4) is 0 Å². The van der Waals surface area contributed by atoms with E-state index in [0.717, 1.165) is 36.8 Å². The van der Waals surface area contributed by atoms with Crippen molar-refractivity contribution in [2.45, 2.75) is 44.2 Å². The minimum absolute atomic E-state index is 0.0308. The molecule has 1 aromatic carbocycles. The van der Waals surface area contributed by atoms with Crippen molar-refractivity contribution in [3.8, 4) is 0 Å². The topological polar surface area (TPSA) is 66.6 Å². The van der Waals surface area contributed by atoms with E-state index in [0.29, 0.717) is 24.9 Å². The molecule has 1 aromatic rings. The molecule has 0 radical (unpaired) electrons. The Kier molecular flexibility index (Phi) is 3.50. The predicted molar refractivity (Wildman–Crippen MR) is 88.6 cm³/mol. The van der Waals surface area contributed by atoms with Gasteiger partial charge in [0.05, 0.1) is 0 Å². The van der Waals surface area contributed by atoms with E-state index in [1.165, 1.54) is 0 Å². The molecular formula is C19H26N2O2. The molecule has 3 atom stereocenters. The number of fused-ring (bicyclic) bond motifs is 1. The van der Waals surface area contributed by atoms with Crippen LogP contribution in [0.4, 0.5) is 0 Å². The molecule has 4 heteroatoms. The van der Waals surface area contributed by atoms with Gasteiger partial charge < -0.3 is 15.7 Å². The molecule has 0 aromatic heterocycles. The zero-order valence-electron chi connectivity index (χ0n) is 13.7. The Morgan fingerprint density at radius 2 is 1.74 bits per heavy atom. The first-order chi connectivity index (χ1) is 11.0. The van der Waals surface area contributed by atoms with Gasteiger partial charge in [0.15, 0.2) is 5.60 Å². The van der Waals surface area contributed by atoms with Gasteiger partial charge >= 0.3 is 0 Å². The maximum absolute atomic E-state index is 13.2. The third kappa shape index (κ3) is 2.31. The molecule has 1 amide bonds. The van der Waals surface area contributed by atoms with Crippen LogP contribution in [0.2, 0.25) is 0 Å². The largest absolute Gasteiger partial charge is 0.375 e. The fourth-order valence-corrected chi connectivity index (χ4v) is 4.66. The number of likely N-dealkylation sites (tertiary alicyclic amines) is 1. The van der Waals surface area contributed by atoms with Crippen molar-refractivity contribution in [3.63, 3.8) is 0 Å². The standard InChI is InChI=1S/C19H26N2O2/c1-12-6-8-14(9-7-12)19(23,13-4-2-3-5-13)18(22)21-10-15-16(11-21)17(15)20/h6-9,13,15-17,23H,2-5,10-11,20H2,1H3. The van der Waals surface area contributed by atoms with E-state index < -0.39 is 5.60 Å². The van der Waals surface area contributed by atoms with Crippen LogP contribution in [-0.4, -0.2) is 35.0 Å². The number of nitrogens with two attached hydrogens (primary N) is 1. The van der Waals surface area contributed by atoms with Gasteiger partial charge in [0.25, 0.3) is 5.91 Å². The molecule has 2 aliphatic carbocycles. The van der Waals surface area contributed by atoms with Crippen LogP contribution in [0.15, 0.2) is 24.3 Å². The number of carbonyl (C=O) groups excluding carboxylic acids is 1. The van der Waals surface area contributed by atoms with Gasteiger partial charge in [0.2, 0.25) is 0 Å². The van der Waals surface area contributed by atoms with Gasteiger partial charge in [0, 0.05) is 25.0 Å². The summed E-state index contributed by atoms with van der Waals surface area (Å²) >= 11 is 0. The van der Waals surface area contributed by atoms with Crippen LogP contribution in [0, 0.1) is 24.7 Å². The molecule has 2 saturated carbocycles. The van der Waals surface area contributed by atoms with E-state index in [1.807, 2.05) is 36.1 Å². The van der Waals surface area contributed by atoms with E-state index in [4.69, 9.17) is 5.73 Å². The second-order valence-corrected chi connectivity index (χ2v) is 7.73. The lowest BCUT2D eigenvalue weighted by atomic mass is 9.78. The number of nitrogens with zero attached hydrogens (tertiary/aromatic N) is 1. The SMILES string of the molecule is Cc1ccc(C(O)(C(=O)N2CC3C(N)C3C2)C2CCCC2)cc1. The summed E-state index contributed by atoms with van der Waals surface area (Å²) in [5, 5.41) is 11.5. The number of aryl methyl sites for hydroxylation is 1. The van der Waals surface area contributed by atoms with Crippen molar-refractivity contribution < 1.29 is 9.90 Å². The molecule has 23 heavy (non-hydrogen) atoms.